The summed E-state index contributed by atoms with van der Waals surface area (Å²) in [7, 11) is -5.52. The standard InChI is InChI=1S/C17H28N4O6S2/c1-19-14-15(29(25,26)21-6-3-2-4-7-21)13-16(19)17(22)18-5-12-28(23,24)20-8-10-27-11-9-20/h13-14H,2-12H2,1H3,(H,18,22). The maximum absolute atomic E-state index is 12.8. The van der Waals surface area contributed by atoms with E-state index in [1.54, 1.807) is 7.05 Å². The van der Waals surface area contributed by atoms with Crippen molar-refractivity contribution in [2.75, 3.05) is 51.7 Å². The number of hydrogen-bond acceptors (Lipinski definition) is 6. The molecule has 0 bridgehead atoms. The smallest absolute Gasteiger partial charge is 0.267 e. The van der Waals surface area contributed by atoms with Crippen LogP contribution in [0.5, 0.6) is 0 Å². The van der Waals surface area contributed by atoms with E-state index in [1.165, 1.54) is 25.4 Å². The van der Waals surface area contributed by atoms with Crippen LogP contribution < -0.4 is 5.32 Å². The van der Waals surface area contributed by atoms with Crippen LogP contribution in [0.3, 0.4) is 0 Å². The Kier molecular flexibility index (Phi) is 6.99. The molecule has 0 saturated carbocycles. The van der Waals surface area contributed by atoms with Crippen molar-refractivity contribution in [3.05, 3.63) is 18.0 Å². The molecule has 2 saturated heterocycles. The summed E-state index contributed by atoms with van der Waals surface area (Å²) in [5.41, 5.74) is 0.171. The van der Waals surface area contributed by atoms with Gasteiger partial charge in [0, 0.05) is 46.0 Å². The first-order valence-corrected chi connectivity index (χ1v) is 12.8. The number of ether oxygens (including phenoxy) is 1. The number of aromatic nitrogens is 1. The van der Waals surface area contributed by atoms with Crippen LogP contribution in [-0.2, 0) is 31.8 Å². The molecule has 3 rings (SSSR count). The third-order valence-electron chi connectivity index (χ3n) is 5.17. The molecule has 1 amide bonds. The van der Waals surface area contributed by atoms with Gasteiger partial charge in [-0.25, -0.2) is 16.8 Å². The summed E-state index contributed by atoms with van der Waals surface area (Å²) in [5, 5.41) is 2.57. The summed E-state index contributed by atoms with van der Waals surface area (Å²) in [4.78, 5) is 12.6. The molecule has 0 atom stereocenters. The third kappa shape index (κ3) is 5.18. The SMILES string of the molecule is Cn1cc(S(=O)(=O)N2CCCCC2)cc1C(=O)NCCS(=O)(=O)N1CCOCC1. The number of morpholine rings is 1. The number of rotatable bonds is 7. The fourth-order valence-corrected chi connectivity index (χ4v) is 6.41. The average Bonchev–Trinajstić information content (AvgIpc) is 3.12. The number of piperidine rings is 1. The van der Waals surface area contributed by atoms with Crippen molar-refractivity contribution in [3.63, 3.8) is 0 Å². The molecule has 1 aromatic rings. The molecule has 1 aromatic heterocycles. The average molecular weight is 449 g/mol. The molecule has 2 aliphatic heterocycles. The summed E-state index contributed by atoms with van der Waals surface area (Å²) >= 11 is 0. The Balaban J connectivity index is 1.61. The van der Waals surface area contributed by atoms with Crippen LogP contribution >= 0.6 is 0 Å². The second-order valence-electron chi connectivity index (χ2n) is 7.22. The van der Waals surface area contributed by atoms with Gasteiger partial charge in [-0.3, -0.25) is 4.79 Å². The van der Waals surface area contributed by atoms with E-state index >= 15 is 0 Å². The number of nitrogens with one attached hydrogen (secondary N) is 1. The molecule has 10 nitrogen and oxygen atoms in total. The number of aryl methyl sites for hydroxylation is 1. The lowest BCUT2D eigenvalue weighted by atomic mass is 10.2. The van der Waals surface area contributed by atoms with Gasteiger partial charge in [0.2, 0.25) is 20.0 Å². The second kappa shape index (κ2) is 9.13. The van der Waals surface area contributed by atoms with Crippen LogP contribution in [0.1, 0.15) is 29.8 Å². The second-order valence-corrected chi connectivity index (χ2v) is 11.2. The van der Waals surface area contributed by atoms with Gasteiger partial charge < -0.3 is 14.6 Å². The quantitative estimate of drug-likeness (QED) is 0.606. The maximum atomic E-state index is 12.8. The summed E-state index contributed by atoms with van der Waals surface area (Å²) in [6.07, 6.45) is 4.10. The van der Waals surface area contributed by atoms with E-state index in [0.29, 0.717) is 39.4 Å². The van der Waals surface area contributed by atoms with Crippen LogP contribution in [0.15, 0.2) is 17.2 Å². The van der Waals surface area contributed by atoms with Gasteiger partial charge in [-0.2, -0.15) is 8.61 Å². The molecule has 12 heteroatoms. The van der Waals surface area contributed by atoms with Crippen molar-refractivity contribution in [1.82, 2.24) is 18.5 Å². The molecule has 164 valence electrons. The van der Waals surface area contributed by atoms with Gasteiger partial charge in [-0.15, -0.1) is 0 Å². The van der Waals surface area contributed by atoms with Gasteiger partial charge in [0.15, 0.2) is 0 Å². The Labute approximate surface area is 171 Å². The van der Waals surface area contributed by atoms with Crippen LogP contribution in [-0.4, -0.2) is 87.6 Å². The minimum atomic E-state index is -3.64. The predicted octanol–water partition coefficient (Wildman–Crippen LogP) is -0.408. The Morgan fingerprint density at radius 1 is 1.03 bits per heavy atom. The highest BCUT2D eigenvalue weighted by molar-refractivity contribution is 7.89. The fourth-order valence-electron chi connectivity index (χ4n) is 3.49. The lowest BCUT2D eigenvalue weighted by Crippen LogP contribution is -2.43. The predicted molar refractivity (Wildman–Crippen MR) is 107 cm³/mol. The molecule has 2 fully saturated rings. The largest absolute Gasteiger partial charge is 0.379 e. The van der Waals surface area contributed by atoms with Crippen molar-refractivity contribution in [1.29, 1.82) is 0 Å². The van der Waals surface area contributed by atoms with Crippen molar-refractivity contribution in [2.24, 2.45) is 7.05 Å². The molecule has 0 unspecified atom stereocenters. The lowest BCUT2D eigenvalue weighted by Gasteiger charge is -2.26. The van der Waals surface area contributed by atoms with Gasteiger partial charge >= 0.3 is 0 Å². The Bertz CT molecular complexity index is 929. The molecule has 0 spiro atoms. The van der Waals surface area contributed by atoms with Crippen LogP contribution in [0.25, 0.3) is 0 Å². The van der Waals surface area contributed by atoms with Crippen LogP contribution in [0, 0.1) is 0 Å². The van der Waals surface area contributed by atoms with Gasteiger partial charge in [-0.05, 0) is 18.9 Å². The topological polar surface area (TPSA) is 118 Å². The van der Waals surface area contributed by atoms with E-state index in [0.717, 1.165) is 19.3 Å². The van der Waals surface area contributed by atoms with Crippen LogP contribution in [0.4, 0.5) is 0 Å². The number of carbonyl (C=O) groups is 1. The zero-order valence-electron chi connectivity index (χ0n) is 16.5. The molecule has 0 aliphatic carbocycles. The fraction of sp³-hybridized carbons (Fsp3) is 0.706. The normalized spacial score (nSPS) is 19.9. The van der Waals surface area contributed by atoms with E-state index in [1.807, 2.05) is 0 Å². The highest BCUT2D eigenvalue weighted by atomic mass is 32.2. The Hall–Kier alpha value is -1.47. The van der Waals surface area contributed by atoms with E-state index < -0.39 is 26.0 Å². The molecule has 0 aromatic carbocycles. The van der Waals surface area contributed by atoms with Crippen molar-refractivity contribution < 1.29 is 26.4 Å². The lowest BCUT2D eigenvalue weighted by molar-refractivity contribution is 0.0730. The molecule has 3 heterocycles. The van der Waals surface area contributed by atoms with Crippen LogP contribution in [0.2, 0.25) is 0 Å². The van der Waals surface area contributed by atoms with Crippen molar-refractivity contribution in [3.8, 4) is 0 Å². The van der Waals surface area contributed by atoms with E-state index in [-0.39, 0.29) is 22.9 Å². The molecular weight excluding hydrogens is 420 g/mol. The number of amides is 1. The van der Waals surface area contributed by atoms with Gasteiger partial charge in [0.05, 0.1) is 19.0 Å². The summed E-state index contributed by atoms with van der Waals surface area (Å²) in [6, 6.07) is 1.34. The maximum Gasteiger partial charge on any atom is 0.267 e. The summed E-state index contributed by atoms with van der Waals surface area (Å²) in [6.45, 7) is 2.26. The zero-order chi connectivity index (χ0) is 21.1. The zero-order valence-corrected chi connectivity index (χ0v) is 18.2. The number of sulfonamides is 2. The highest BCUT2D eigenvalue weighted by Crippen LogP contribution is 2.22. The van der Waals surface area contributed by atoms with E-state index in [2.05, 4.69) is 5.32 Å². The Morgan fingerprint density at radius 3 is 2.34 bits per heavy atom. The molecule has 1 N–H and O–H groups in total. The molecule has 29 heavy (non-hydrogen) atoms. The Morgan fingerprint density at radius 2 is 1.69 bits per heavy atom. The first-order chi connectivity index (χ1) is 13.7. The minimum Gasteiger partial charge on any atom is -0.379 e. The summed E-state index contributed by atoms with van der Waals surface area (Å²) in [5.74, 6) is -0.730. The summed E-state index contributed by atoms with van der Waals surface area (Å²) < 4.78 is 59.6. The molecular formula is C17H28N4O6S2. The third-order valence-corrected chi connectivity index (χ3v) is 8.91. The minimum absolute atomic E-state index is 0.0576. The van der Waals surface area contributed by atoms with Gasteiger partial charge in [0.25, 0.3) is 5.91 Å². The van der Waals surface area contributed by atoms with Gasteiger partial charge in [0.1, 0.15) is 10.6 Å². The monoisotopic (exact) mass is 448 g/mol. The van der Waals surface area contributed by atoms with Crippen molar-refractivity contribution >= 4 is 26.0 Å². The highest BCUT2D eigenvalue weighted by Gasteiger charge is 2.29. The molecule has 2 aliphatic rings. The first kappa shape index (κ1) is 22.2. The van der Waals surface area contributed by atoms with Crippen molar-refractivity contribution in [2.45, 2.75) is 24.2 Å². The van der Waals surface area contributed by atoms with E-state index in [9.17, 15) is 21.6 Å². The number of carbonyl (C=O) groups excluding carboxylic acids is 1. The number of nitrogens with zero attached hydrogens (tertiary/aromatic N) is 3. The first-order valence-electron chi connectivity index (χ1n) is 9.72. The van der Waals surface area contributed by atoms with E-state index in [4.69, 9.17) is 4.74 Å². The molecule has 0 radical (unpaired) electrons. The van der Waals surface area contributed by atoms with Gasteiger partial charge in [-0.1, -0.05) is 6.42 Å². The number of hydrogen-bond donors (Lipinski definition) is 1.